The van der Waals surface area contributed by atoms with Crippen molar-refractivity contribution in [3.05, 3.63) is 12.2 Å². The van der Waals surface area contributed by atoms with Crippen LogP contribution in [0.25, 0.3) is 0 Å². The van der Waals surface area contributed by atoms with Crippen molar-refractivity contribution in [2.45, 2.75) is 199 Å². The number of esters is 2. The van der Waals surface area contributed by atoms with Gasteiger partial charge in [0.15, 0.2) is 6.10 Å². The molecule has 4 unspecified atom stereocenters. The van der Waals surface area contributed by atoms with E-state index in [9.17, 15) is 29.3 Å². The number of hydrogen-bond acceptors (Lipinski definition) is 10. The monoisotopic (exact) mass is 792 g/mol. The van der Waals surface area contributed by atoms with E-state index in [0.29, 0.717) is 30.3 Å². The molecule has 0 rings (SSSR count). The highest BCUT2D eigenvalue weighted by Gasteiger charge is 2.22. The molecule has 0 saturated heterocycles. The van der Waals surface area contributed by atoms with Crippen molar-refractivity contribution in [2.24, 2.45) is 0 Å². The number of aliphatic hydroxyl groups is 2. The van der Waals surface area contributed by atoms with E-state index in [-0.39, 0.29) is 26.1 Å². The van der Waals surface area contributed by atoms with Gasteiger partial charge in [0, 0.05) is 12.8 Å². The number of phosphoric acid groups is 1. The van der Waals surface area contributed by atoms with Gasteiger partial charge in [0.25, 0.3) is 7.82 Å². The largest absolute Gasteiger partial charge is 0.756 e. The van der Waals surface area contributed by atoms with Crippen LogP contribution in [0.2, 0.25) is 0 Å². The van der Waals surface area contributed by atoms with E-state index in [1.165, 1.54) is 64.2 Å². The molecule has 12 heteroatoms. The topological polar surface area (TPSA) is 152 Å². The maximum absolute atomic E-state index is 12.7. The maximum atomic E-state index is 12.7. The minimum atomic E-state index is -4.65. The number of carbonyl (C=O) groups excluding carboxylic acids is 2. The number of quaternary nitrogens is 1. The van der Waals surface area contributed by atoms with Crippen molar-refractivity contribution in [2.75, 3.05) is 47.5 Å². The maximum Gasteiger partial charge on any atom is 0.306 e. The first kappa shape index (κ1) is 52.7. The average molecular weight is 792 g/mol. The number of unbranched alkanes of at least 4 members (excludes halogenated alkanes) is 19. The highest BCUT2D eigenvalue weighted by molar-refractivity contribution is 7.45. The molecule has 0 amide bonds. The fourth-order valence-corrected chi connectivity index (χ4v) is 6.64. The number of allylic oxidation sites excluding steroid dienone is 1. The summed E-state index contributed by atoms with van der Waals surface area (Å²) < 4.78 is 33.8. The zero-order valence-electron chi connectivity index (χ0n) is 35.2. The lowest BCUT2D eigenvalue weighted by molar-refractivity contribution is -0.870. The fraction of sp³-hybridized carbons (Fsp3) is 0.905. The normalized spacial score (nSPS) is 14.9. The molecular formula is C42H82NO10P. The highest BCUT2D eigenvalue weighted by atomic mass is 31.2. The first-order valence-electron chi connectivity index (χ1n) is 21.6. The quantitative estimate of drug-likeness (QED) is 0.0203. The first-order chi connectivity index (χ1) is 25.8. The second kappa shape index (κ2) is 34.9. The van der Waals surface area contributed by atoms with E-state index in [4.69, 9.17) is 18.5 Å². The molecule has 54 heavy (non-hydrogen) atoms. The summed E-state index contributed by atoms with van der Waals surface area (Å²) in [5.41, 5.74) is 0. The third kappa shape index (κ3) is 36.3. The number of hydrogen-bond donors (Lipinski definition) is 2. The molecule has 0 aromatic heterocycles. The lowest BCUT2D eigenvalue weighted by Gasteiger charge is -2.28. The first-order valence-corrected chi connectivity index (χ1v) is 23.0. The van der Waals surface area contributed by atoms with Crippen molar-refractivity contribution in [3.8, 4) is 0 Å². The third-order valence-electron chi connectivity index (χ3n) is 9.49. The standard InChI is InChI=1S/C42H82NO10P/c1-6-8-10-11-12-13-14-15-16-17-21-24-28-32-41(46)50-36-38(37-52-54(48,49)51-35-34-43(3,4)5)53-42(47)33-29-25-22-19-18-20-23-27-31-40(45)39(44)30-26-9-7-2/h23,27,38-40,44-45H,6-22,24-26,28-37H2,1-5H3/b27-23-. The SMILES string of the molecule is CCCCCCCCCCCCCCCC(=O)OCC(COP(=O)([O-])OCC[N+](C)(C)C)OC(=O)CCCCCCC/C=C\CC(O)C(O)CCCCC. The Bertz CT molecular complexity index is 973. The van der Waals surface area contributed by atoms with Gasteiger partial charge in [-0.15, -0.1) is 0 Å². The number of aliphatic hydroxyl groups excluding tert-OH is 2. The lowest BCUT2D eigenvalue weighted by Crippen LogP contribution is -2.37. The second-order valence-corrected chi connectivity index (χ2v) is 17.4. The summed E-state index contributed by atoms with van der Waals surface area (Å²) in [6, 6.07) is 0. The predicted molar refractivity (Wildman–Crippen MR) is 216 cm³/mol. The van der Waals surface area contributed by atoms with Crippen LogP contribution in [0.5, 0.6) is 0 Å². The van der Waals surface area contributed by atoms with Gasteiger partial charge in [-0.25, -0.2) is 0 Å². The van der Waals surface area contributed by atoms with Gasteiger partial charge in [-0.3, -0.25) is 14.2 Å². The second-order valence-electron chi connectivity index (χ2n) is 16.0. The molecular weight excluding hydrogens is 709 g/mol. The Morgan fingerprint density at radius 2 is 1.15 bits per heavy atom. The molecule has 0 aliphatic heterocycles. The molecule has 0 aromatic rings. The van der Waals surface area contributed by atoms with Gasteiger partial charge < -0.3 is 38.1 Å². The van der Waals surface area contributed by atoms with Crippen molar-refractivity contribution in [3.63, 3.8) is 0 Å². The van der Waals surface area contributed by atoms with Gasteiger partial charge in [0.2, 0.25) is 0 Å². The van der Waals surface area contributed by atoms with Gasteiger partial charge in [-0.05, 0) is 38.5 Å². The van der Waals surface area contributed by atoms with Crippen molar-refractivity contribution in [1.29, 1.82) is 0 Å². The molecule has 2 N–H and O–H groups in total. The van der Waals surface area contributed by atoms with Crippen molar-refractivity contribution in [1.82, 2.24) is 0 Å². The lowest BCUT2D eigenvalue weighted by atomic mass is 10.0. The molecule has 0 radical (unpaired) electrons. The molecule has 0 aromatic carbocycles. The molecule has 0 aliphatic rings. The molecule has 4 atom stereocenters. The van der Waals surface area contributed by atoms with Crippen LogP contribution in [-0.2, 0) is 32.7 Å². The number of carbonyl (C=O) groups is 2. The molecule has 320 valence electrons. The van der Waals surface area contributed by atoms with Gasteiger partial charge >= 0.3 is 11.9 Å². The Kier molecular flexibility index (Phi) is 34.0. The average Bonchev–Trinajstić information content (AvgIpc) is 3.11. The molecule has 0 heterocycles. The number of phosphoric ester groups is 1. The van der Waals surface area contributed by atoms with E-state index in [2.05, 4.69) is 13.8 Å². The van der Waals surface area contributed by atoms with Gasteiger partial charge in [0.1, 0.15) is 19.8 Å². The minimum Gasteiger partial charge on any atom is -0.756 e. The minimum absolute atomic E-state index is 0.0500. The Morgan fingerprint density at radius 3 is 1.70 bits per heavy atom. The Labute approximate surface area is 330 Å². The van der Waals surface area contributed by atoms with Crippen LogP contribution < -0.4 is 4.89 Å². The van der Waals surface area contributed by atoms with Gasteiger partial charge in [0.05, 0.1) is 40.0 Å². The zero-order chi connectivity index (χ0) is 40.3. The smallest absolute Gasteiger partial charge is 0.306 e. The van der Waals surface area contributed by atoms with Crippen LogP contribution in [0.3, 0.4) is 0 Å². The van der Waals surface area contributed by atoms with E-state index < -0.39 is 44.7 Å². The molecule has 0 saturated carbocycles. The Balaban J connectivity index is 4.45. The molecule has 0 bridgehead atoms. The molecule has 0 spiro atoms. The number of ether oxygens (including phenoxy) is 2. The van der Waals surface area contributed by atoms with E-state index in [0.717, 1.165) is 70.6 Å². The van der Waals surface area contributed by atoms with Crippen LogP contribution in [0.4, 0.5) is 0 Å². The number of nitrogens with zero attached hydrogens (tertiary/aromatic N) is 1. The third-order valence-corrected chi connectivity index (χ3v) is 10.5. The molecule has 0 fully saturated rings. The van der Waals surface area contributed by atoms with E-state index in [1.807, 2.05) is 33.3 Å². The van der Waals surface area contributed by atoms with Gasteiger partial charge in [-0.2, -0.15) is 0 Å². The molecule has 0 aliphatic carbocycles. The van der Waals surface area contributed by atoms with Crippen LogP contribution in [0.1, 0.15) is 181 Å². The summed E-state index contributed by atoms with van der Waals surface area (Å²) in [6.07, 6.45) is 27.1. The van der Waals surface area contributed by atoms with Gasteiger partial charge in [-0.1, -0.05) is 142 Å². The fourth-order valence-electron chi connectivity index (χ4n) is 5.91. The zero-order valence-corrected chi connectivity index (χ0v) is 36.0. The van der Waals surface area contributed by atoms with Crippen LogP contribution in [0, 0.1) is 0 Å². The van der Waals surface area contributed by atoms with E-state index >= 15 is 0 Å². The van der Waals surface area contributed by atoms with E-state index in [1.54, 1.807) is 0 Å². The van der Waals surface area contributed by atoms with Crippen molar-refractivity contribution >= 4 is 19.8 Å². The summed E-state index contributed by atoms with van der Waals surface area (Å²) in [4.78, 5) is 37.5. The van der Waals surface area contributed by atoms with Crippen molar-refractivity contribution < 1.29 is 52.3 Å². The summed E-state index contributed by atoms with van der Waals surface area (Å²) >= 11 is 0. The summed E-state index contributed by atoms with van der Waals surface area (Å²) in [7, 11) is 1.10. The summed E-state index contributed by atoms with van der Waals surface area (Å²) in [5, 5.41) is 20.1. The molecule has 11 nitrogen and oxygen atoms in total. The summed E-state index contributed by atoms with van der Waals surface area (Å²) in [5.74, 6) is -0.907. The van der Waals surface area contributed by atoms with Crippen LogP contribution in [0.15, 0.2) is 12.2 Å². The Morgan fingerprint density at radius 1 is 0.648 bits per heavy atom. The predicted octanol–water partition coefficient (Wildman–Crippen LogP) is 9.11. The van der Waals surface area contributed by atoms with Crippen LogP contribution in [-0.4, -0.2) is 92.5 Å². The summed E-state index contributed by atoms with van der Waals surface area (Å²) in [6.45, 7) is 3.98. The number of rotatable bonds is 39. The Hall–Kier alpha value is -1.33. The van der Waals surface area contributed by atoms with Crippen LogP contribution >= 0.6 is 7.82 Å². The highest BCUT2D eigenvalue weighted by Crippen LogP contribution is 2.38. The number of likely N-dealkylation sites (N-methyl/N-ethyl adjacent to an activating group) is 1.